The van der Waals surface area contributed by atoms with Gasteiger partial charge in [-0.15, -0.1) is 0 Å². The summed E-state index contributed by atoms with van der Waals surface area (Å²) < 4.78 is 19.6. The number of ether oxygens (including phenoxy) is 4. The van der Waals surface area contributed by atoms with Gasteiger partial charge in [0.05, 0.1) is 0 Å². The molecule has 0 aliphatic heterocycles. The van der Waals surface area contributed by atoms with E-state index in [-0.39, 0.29) is 0 Å². The molecular formula is C8H18O5. The van der Waals surface area contributed by atoms with Crippen LogP contribution in [0.15, 0.2) is 0 Å². The van der Waals surface area contributed by atoms with E-state index in [1.807, 2.05) is 0 Å². The van der Waals surface area contributed by atoms with E-state index in [1.165, 1.54) is 28.4 Å². The summed E-state index contributed by atoms with van der Waals surface area (Å²) in [5.41, 5.74) is 0. The molecule has 0 radical (unpaired) electrons. The van der Waals surface area contributed by atoms with Crippen LogP contribution < -0.4 is 0 Å². The number of aliphatic hydroxyl groups excluding tert-OH is 1. The smallest absolute Gasteiger partial charge is 0.182 e. The van der Waals surface area contributed by atoms with Gasteiger partial charge in [0.1, 0.15) is 6.10 Å². The van der Waals surface area contributed by atoms with Gasteiger partial charge in [0.25, 0.3) is 0 Å². The molecule has 0 heterocycles. The maximum atomic E-state index is 9.53. The average molecular weight is 194 g/mol. The molecule has 0 aliphatic rings. The van der Waals surface area contributed by atoms with E-state index in [0.29, 0.717) is 6.42 Å². The zero-order chi connectivity index (χ0) is 10.3. The molecule has 0 rings (SSSR count). The molecule has 1 N–H and O–H groups in total. The standard InChI is InChI=1S/C8H18O5/c1-10-7(11-2)5-6(9)8(12-3)13-4/h6-9H,5H2,1-4H3/t6-/m1/s1. The lowest BCUT2D eigenvalue weighted by Crippen LogP contribution is -2.34. The zero-order valence-electron chi connectivity index (χ0n) is 8.52. The van der Waals surface area contributed by atoms with Gasteiger partial charge < -0.3 is 24.1 Å². The molecule has 0 bridgehead atoms. The van der Waals surface area contributed by atoms with Gasteiger partial charge >= 0.3 is 0 Å². The SMILES string of the molecule is COC(C[C@@H](O)C(OC)OC)OC. The van der Waals surface area contributed by atoms with Crippen molar-refractivity contribution in [2.75, 3.05) is 28.4 Å². The van der Waals surface area contributed by atoms with Gasteiger partial charge in [-0.3, -0.25) is 0 Å². The van der Waals surface area contributed by atoms with Gasteiger partial charge in [-0.1, -0.05) is 0 Å². The van der Waals surface area contributed by atoms with E-state index in [2.05, 4.69) is 0 Å². The summed E-state index contributed by atoms with van der Waals surface area (Å²) in [4.78, 5) is 0. The van der Waals surface area contributed by atoms with Crippen LogP contribution >= 0.6 is 0 Å². The Morgan fingerprint density at radius 3 is 1.69 bits per heavy atom. The molecule has 5 heteroatoms. The molecule has 1 atom stereocenters. The van der Waals surface area contributed by atoms with E-state index in [9.17, 15) is 5.11 Å². The fourth-order valence-electron chi connectivity index (χ4n) is 1.01. The average Bonchev–Trinajstić information content (AvgIpc) is 2.16. The number of rotatable bonds is 7. The minimum absolute atomic E-state index is 0.305. The minimum Gasteiger partial charge on any atom is -0.388 e. The number of hydrogen-bond donors (Lipinski definition) is 1. The summed E-state index contributed by atoms with van der Waals surface area (Å²) in [5, 5.41) is 9.53. The monoisotopic (exact) mass is 194 g/mol. The molecule has 0 aromatic rings. The van der Waals surface area contributed by atoms with Crippen molar-refractivity contribution in [3.8, 4) is 0 Å². The minimum atomic E-state index is -0.764. The van der Waals surface area contributed by atoms with E-state index >= 15 is 0 Å². The Morgan fingerprint density at radius 1 is 0.923 bits per heavy atom. The lowest BCUT2D eigenvalue weighted by Gasteiger charge is -2.23. The molecule has 0 amide bonds. The van der Waals surface area contributed by atoms with Gasteiger partial charge in [0, 0.05) is 34.9 Å². The maximum Gasteiger partial charge on any atom is 0.182 e. The van der Waals surface area contributed by atoms with Crippen LogP contribution in [0, 0.1) is 0 Å². The highest BCUT2D eigenvalue weighted by atomic mass is 16.7. The van der Waals surface area contributed by atoms with Gasteiger partial charge in [-0.05, 0) is 0 Å². The van der Waals surface area contributed by atoms with Gasteiger partial charge in [0.2, 0.25) is 0 Å². The van der Waals surface area contributed by atoms with E-state index < -0.39 is 18.7 Å². The highest BCUT2D eigenvalue weighted by Gasteiger charge is 2.22. The van der Waals surface area contributed by atoms with Gasteiger partial charge in [-0.25, -0.2) is 0 Å². The van der Waals surface area contributed by atoms with E-state index in [4.69, 9.17) is 18.9 Å². The molecule has 0 unspecified atom stereocenters. The first-order chi connectivity index (χ1) is 6.19. The van der Waals surface area contributed by atoms with Crippen molar-refractivity contribution in [3.05, 3.63) is 0 Å². The number of aliphatic hydroxyl groups is 1. The van der Waals surface area contributed by atoms with Crippen LogP contribution in [0.3, 0.4) is 0 Å². The Balaban J connectivity index is 3.87. The first-order valence-electron chi connectivity index (χ1n) is 3.98. The topological polar surface area (TPSA) is 57.2 Å². The molecule has 0 aliphatic carbocycles. The second-order valence-corrected chi connectivity index (χ2v) is 2.54. The molecule has 0 spiro atoms. The lowest BCUT2D eigenvalue weighted by molar-refractivity contribution is -0.194. The summed E-state index contributed by atoms with van der Waals surface area (Å²) in [5.74, 6) is 0. The molecule has 0 fully saturated rings. The molecule has 13 heavy (non-hydrogen) atoms. The summed E-state index contributed by atoms with van der Waals surface area (Å²) in [6, 6.07) is 0. The number of methoxy groups -OCH3 is 4. The molecule has 80 valence electrons. The molecular weight excluding hydrogens is 176 g/mol. The van der Waals surface area contributed by atoms with Crippen molar-refractivity contribution in [3.63, 3.8) is 0 Å². The van der Waals surface area contributed by atoms with Crippen molar-refractivity contribution in [2.24, 2.45) is 0 Å². The largest absolute Gasteiger partial charge is 0.388 e. The molecule has 0 aromatic carbocycles. The molecule has 0 saturated carbocycles. The second kappa shape index (κ2) is 7.23. The predicted octanol–water partition coefficient (Wildman–Crippen LogP) is -0.0248. The van der Waals surface area contributed by atoms with Crippen LogP contribution in [0.2, 0.25) is 0 Å². The summed E-state index contributed by atoms with van der Waals surface area (Å²) in [7, 11) is 5.95. The Hall–Kier alpha value is -0.200. The fraction of sp³-hybridized carbons (Fsp3) is 1.00. The van der Waals surface area contributed by atoms with Crippen LogP contribution in [-0.2, 0) is 18.9 Å². The fourth-order valence-corrected chi connectivity index (χ4v) is 1.01. The van der Waals surface area contributed by atoms with Crippen LogP contribution in [0.25, 0.3) is 0 Å². The van der Waals surface area contributed by atoms with E-state index in [0.717, 1.165) is 0 Å². The highest BCUT2D eigenvalue weighted by molar-refractivity contribution is 4.61. The maximum absolute atomic E-state index is 9.53. The normalized spacial score (nSPS) is 14.1. The van der Waals surface area contributed by atoms with Crippen molar-refractivity contribution >= 4 is 0 Å². The summed E-state index contributed by atoms with van der Waals surface area (Å²) >= 11 is 0. The van der Waals surface area contributed by atoms with Crippen LogP contribution in [0.5, 0.6) is 0 Å². The highest BCUT2D eigenvalue weighted by Crippen LogP contribution is 2.09. The Kier molecular flexibility index (Phi) is 7.12. The third-order valence-corrected chi connectivity index (χ3v) is 1.74. The lowest BCUT2D eigenvalue weighted by atomic mass is 10.2. The molecule has 0 aromatic heterocycles. The Morgan fingerprint density at radius 2 is 1.38 bits per heavy atom. The number of hydrogen-bond acceptors (Lipinski definition) is 5. The van der Waals surface area contributed by atoms with Crippen LogP contribution in [0.4, 0.5) is 0 Å². The molecule has 5 nitrogen and oxygen atoms in total. The van der Waals surface area contributed by atoms with Crippen molar-refractivity contribution in [1.82, 2.24) is 0 Å². The van der Waals surface area contributed by atoms with Crippen molar-refractivity contribution in [1.29, 1.82) is 0 Å². The van der Waals surface area contributed by atoms with Gasteiger partial charge in [-0.2, -0.15) is 0 Å². The second-order valence-electron chi connectivity index (χ2n) is 2.54. The first kappa shape index (κ1) is 12.8. The van der Waals surface area contributed by atoms with E-state index in [1.54, 1.807) is 0 Å². The van der Waals surface area contributed by atoms with Crippen LogP contribution in [-0.4, -0.2) is 52.2 Å². The summed E-state index contributed by atoms with van der Waals surface area (Å²) in [6.45, 7) is 0. The quantitative estimate of drug-likeness (QED) is 0.577. The van der Waals surface area contributed by atoms with Crippen LogP contribution in [0.1, 0.15) is 6.42 Å². The Labute approximate surface area is 78.5 Å². The third kappa shape index (κ3) is 4.54. The molecule has 0 saturated heterocycles. The first-order valence-corrected chi connectivity index (χ1v) is 3.98. The van der Waals surface area contributed by atoms with Crippen molar-refractivity contribution < 1.29 is 24.1 Å². The Bertz CT molecular complexity index is 111. The zero-order valence-corrected chi connectivity index (χ0v) is 8.52. The third-order valence-electron chi connectivity index (χ3n) is 1.74. The van der Waals surface area contributed by atoms with Crippen molar-refractivity contribution in [2.45, 2.75) is 25.1 Å². The van der Waals surface area contributed by atoms with Gasteiger partial charge in [0.15, 0.2) is 12.6 Å². The summed E-state index contributed by atoms with van der Waals surface area (Å²) in [6.07, 6.45) is -1.55. The predicted molar refractivity (Wildman–Crippen MR) is 46.2 cm³/mol.